The van der Waals surface area contributed by atoms with E-state index >= 15 is 0 Å². The minimum Gasteiger partial charge on any atom is -0.479 e. The second-order valence-corrected chi connectivity index (χ2v) is 13.5. The quantitative estimate of drug-likeness (QED) is 0.166. The molecule has 0 fully saturated rings. The zero-order valence-corrected chi connectivity index (χ0v) is 29.8. The Balaban J connectivity index is 0.000000143. The number of benzene rings is 2. The van der Waals surface area contributed by atoms with Gasteiger partial charge >= 0.3 is 0 Å². The molecule has 10 rings (SSSR count). The smallest absolute Gasteiger partial charge is 0.255 e. The molecule has 6 aromatic heterocycles. The zero-order valence-electron chi connectivity index (χ0n) is 29.0. The van der Waals surface area contributed by atoms with Crippen molar-refractivity contribution in [1.29, 1.82) is 0 Å². The predicted molar refractivity (Wildman–Crippen MR) is 204 cm³/mol. The molecular formula is C40H32N12OS. The molecule has 2 aliphatic rings. The average molecular weight is 729 g/mol. The van der Waals surface area contributed by atoms with Crippen molar-refractivity contribution in [2.45, 2.75) is 23.7 Å². The lowest BCUT2D eigenvalue weighted by molar-refractivity contribution is 0.403. The fraction of sp³-hybridized carbons (Fsp3) is 0.125. The molecule has 0 saturated carbocycles. The summed E-state index contributed by atoms with van der Waals surface area (Å²) in [6.45, 7) is 0. The van der Waals surface area contributed by atoms with Crippen LogP contribution in [0.4, 0.5) is 0 Å². The standard InChI is InChI=1S/C21H17N5OS.C19H15N7/c1-27-20-19(25-28-26-20)18-16-7-10-21(13-17(16)23-24-18,14-5-3-2-4-6-14)15-8-11-22-12-9-15;1-2-4-13(5-3-1)19(14-7-10-20-11-8-14)9-6-15-16(12-19)21-22-17(15)18-23-25-26-24-18/h2-12H,13H2,1H3,(H,23,24);1-11H,12H2,(H,21,22)(H,23,24,25,26). The summed E-state index contributed by atoms with van der Waals surface area (Å²) in [6.07, 6.45) is 17.6. The number of hydrogen-bond donors (Lipinski definition) is 3. The number of rotatable bonds is 7. The highest BCUT2D eigenvalue weighted by molar-refractivity contribution is 6.99. The van der Waals surface area contributed by atoms with E-state index in [0.29, 0.717) is 23.1 Å². The van der Waals surface area contributed by atoms with Crippen LogP contribution >= 0.6 is 11.7 Å². The van der Waals surface area contributed by atoms with Crippen LogP contribution in [0.5, 0.6) is 5.88 Å². The Labute approximate surface area is 313 Å². The van der Waals surface area contributed by atoms with E-state index in [1.807, 2.05) is 36.9 Å². The van der Waals surface area contributed by atoms with Crippen LogP contribution in [-0.2, 0) is 23.7 Å². The van der Waals surface area contributed by atoms with Gasteiger partial charge in [0.2, 0.25) is 5.82 Å². The normalized spacial score (nSPS) is 18.3. The summed E-state index contributed by atoms with van der Waals surface area (Å²) in [7, 11) is 1.60. The minimum absolute atomic E-state index is 0.280. The molecule has 13 nitrogen and oxygen atoms in total. The number of fused-ring (bicyclic) bond motifs is 2. The summed E-state index contributed by atoms with van der Waals surface area (Å²) in [6, 6.07) is 29.3. The highest BCUT2D eigenvalue weighted by Crippen LogP contribution is 2.44. The van der Waals surface area contributed by atoms with Gasteiger partial charge in [0.15, 0.2) is 5.69 Å². The molecule has 264 valence electrons. The summed E-state index contributed by atoms with van der Waals surface area (Å²) in [5, 5.41) is 29.6. The monoisotopic (exact) mass is 728 g/mol. The maximum absolute atomic E-state index is 5.33. The van der Waals surface area contributed by atoms with Crippen LogP contribution in [0, 0.1) is 0 Å². The number of methoxy groups -OCH3 is 1. The van der Waals surface area contributed by atoms with E-state index in [9.17, 15) is 0 Å². The molecule has 0 aliphatic heterocycles. The van der Waals surface area contributed by atoms with E-state index < -0.39 is 0 Å². The van der Waals surface area contributed by atoms with Crippen molar-refractivity contribution in [3.8, 4) is 28.8 Å². The molecule has 6 heterocycles. The lowest BCUT2D eigenvalue weighted by atomic mass is 9.68. The number of ether oxygens (including phenoxy) is 1. The van der Waals surface area contributed by atoms with Gasteiger partial charge in [-0.25, -0.2) is 0 Å². The van der Waals surface area contributed by atoms with E-state index in [-0.39, 0.29) is 10.8 Å². The molecule has 8 aromatic rings. The Bertz CT molecular complexity index is 2470. The number of nitrogens with one attached hydrogen (secondary N) is 3. The van der Waals surface area contributed by atoms with Crippen LogP contribution in [0.2, 0.25) is 0 Å². The van der Waals surface area contributed by atoms with Crippen LogP contribution < -0.4 is 4.74 Å². The molecular weight excluding hydrogens is 697 g/mol. The Morgan fingerprint density at radius 1 is 0.593 bits per heavy atom. The number of hydrogen-bond acceptors (Lipinski definition) is 11. The van der Waals surface area contributed by atoms with E-state index in [1.165, 1.54) is 22.3 Å². The topological polar surface area (TPSA) is 173 Å². The number of aromatic nitrogens is 12. The van der Waals surface area contributed by atoms with Crippen LogP contribution in [0.25, 0.3) is 35.1 Å². The summed E-state index contributed by atoms with van der Waals surface area (Å²) in [4.78, 5) is 8.37. The largest absolute Gasteiger partial charge is 0.479 e. The molecule has 3 N–H and O–H groups in total. The number of allylic oxidation sites excluding steroid dienone is 2. The lowest BCUT2D eigenvalue weighted by Gasteiger charge is -2.34. The molecule has 0 amide bonds. The molecule has 0 bridgehead atoms. The molecule has 0 spiro atoms. The fourth-order valence-corrected chi connectivity index (χ4v) is 8.02. The first-order valence-corrected chi connectivity index (χ1v) is 18.0. The third-order valence-corrected chi connectivity index (χ3v) is 10.7. The SMILES string of the molecule is C1=CC(c2ccccc2)(c2ccncc2)Cc2[nH]nc(-c3nn[nH]n3)c21.COc1nsnc1-c1n[nH]c2c1C=CC(c1ccccc1)(c1ccncc1)C2. The highest BCUT2D eigenvalue weighted by Gasteiger charge is 2.38. The molecule has 54 heavy (non-hydrogen) atoms. The maximum Gasteiger partial charge on any atom is 0.255 e. The van der Waals surface area contributed by atoms with Crippen molar-refractivity contribution in [3.63, 3.8) is 0 Å². The first-order valence-electron chi connectivity index (χ1n) is 17.2. The highest BCUT2D eigenvalue weighted by atomic mass is 32.1. The van der Waals surface area contributed by atoms with Crippen LogP contribution in [0.3, 0.4) is 0 Å². The Hall–Kier alpha value is -6.93. The van der Waals surface area contributed by atoms with Crippen molar-refractivity contribution in [3.05, 3.63) is 167 Å². The van der Waals surface area contributed by atoms with Crippen LogP contribution in [-0.4, -0.2) is 66.8 Å². The second-order valence-electron chi connectivity index (χ2n) is 13.0. The summed E-state index contributed by atoms with van der Waals surface area (Å²) in [5.41, 5.74) is 10.6. The average Bonchev–Trinajstić information content (AvgIpc) is 4.09. The zero-order chi connectivity index (χ0) is 36.4. The number of pyridine rings is 2. The van der Waals surface area contributed by atoms with Crippen molar-refractivity contribution in [1.82, 2.24) is 59.7 Å². The fourth-order valence-electron chi connectivity index (χ4n) is 7.50. The van der Waals surface area contributed by atoms with Gasteiger partial charge in [-0.3, -0.25) is 20.2 Å². The number of nitrogens with zero attached hydrogens (tertiary/aromatic N) is 9. The third kappa shape index (κ3) is 5.69. The van der Waals surface area contributed by atoms with Crippen molar-refractivity contribution in [2.24, 2.45) is 0 Å². The van der Waals surface area contributed by atoms with E-state index in [4.69, 9.17) is 4.74 Å². The van der Waals surface area contributed by atoms with E-state index in [0.717, 1.165) is 52.8 Å². The Kier molecular flexibility index (Phi) is 8.48. The molecule has 2 unspecified atom stereocenters. The first kappa shape index (κ1) is 32.9. The molecule has 0 saturated heterocycles. The lowest BCUT2D eigenvalue weighted by Crippen LogP contribution is -2.30. The van der Waals surface area contributed by atoms with E-state index in [1.54, 1.807) is 7.11 Å². The van der Waals surface area contributed by atoms with Gasteiger partial charge in [0.05, 0.1) is 18.8 Å². The molecule has 2 atom stereocenters. The van der Waals surface area contributed by atoms with Crippen molar-refractivity contribution in [2.75, 3.05) is 7.11 Å². The summed E-state index contributed by atoms with van der Waals surface area (Å²) >= 11 is 1.12. The van der Waals surface area contributed by atoms with Crippen LogP contribution in [0.1, 0.15) is 44.8 Å². The maximum atomic E-state index is 5.33. The Morgan fingerprint density at radius 3 is 1.63 bits per heavy atom. The molecule has 0 radical (unpaired) electrons. The van der Waals surface area contributed by atoms with Gasteiger partial charge in [-0.2, -0.15) is 19.8 Å². The van der Waals surface area contributed by atoms with Crippen molar-refractivity contribution >= 4 is 23.9 Å². The van der Waals surface area contributed by atoms with Gasteiger partial charge in [0.1, 0.15) is 11.4 Å². The number of H-pyrrole nitrogens is 3. The van der Waals surface area contributed by atoms with Gasteiger partial charge in [-0.1, -0.05) is 85.0 Å². The Morgan fingerprint density at radius 2 is 1.11 bits per heavy atom. The van der Waals surface area contributed by atoms with Gasteiger partial charge < -0.3 is 4.74 Å². The molecule has 2 aromatic carbocycles. The third-order valence-electron chi connectivity index (χ3n) is 10.1. The number of tetrazole rings is 1. The summed E-state index contributed by atoms with van der Waals surface area (Å²) < 4.78 is 13.9. The van der Waals surface area contributed by atoms with Gasteiger partial charge in [-0.15, -0.1) is 14.6 Å². The second kappa shape index (κ2) is 13.9. The van der Waals surface area contributed by atoms with E-state index in [2.05, 4.69) is 157 Å². The van der Waals surface area contributed by atoms with Crippen molar-refractivity contribution < 1.29 is 4.74 Å². The molecule has 2 aliphatic carbocycles. The van der Waals surface area contributed by atoms with Gasteiger partial charge in [0, 0.05) is 71.0 Å². The predicted octanol–water partition coefficient (Wildman–Crippen LogP) is 6.43. The summed E-state index contributed by atoms with van der Waals surface area (Å²) in [5.74, 6) is 0.991. The number of aromatic amines is 3. The molecule has 14 heteroatoms. The first-order chi connectivity index (χ1) is 26.7. The van der Waals surface area contributed by atoms with Crippen LogP contribution in [0.15, 0.2) is 122 Å². The van der Waals surface area contributed by atoms with Gasteiger partial charge in [0.25, 0.3) is 5.88 Å². The van der Waals surface area contributed by atoms with Gasteiger partial charge in [-0.05, 0) is 51.7 Å². The minimum atomic E-state index is -0.286.